The minimum atomic E-state index is -0.673. The van der Waals surface area contributed by atoms with Crippen LogP contribution in [0.15, 0.2) is 36.4 Å². The number of hydrogen-bond donors (Lipinski definition) is 0. The van der Waals surface area contributed by atoms with Crippen molar-refractivity contribution in [1.82, 2.24) is 0 Å². The average molecular weight is 351 g/mol. The van der Waals surface area contributed by atoms with Gasteiger partial charge in [0.05, 0.1) is 16.6 Å². The number of halogens is 2. The SMILES string of the molecule is N#Cc1ccc(Oc2ccc([N+](=O)[O-])cc2CBr)c(F)c1. The summed E-state index contributed by atoms with van der Waals surface area (Å²) in [5.41, 5.74) is 0.634. The number of nitro groups is 1. The highest BCUT2D eigenvalue weighted by molar-refractivity contribution is 9.08. The highest BCUT2D eigenvalue weighted by Gasteiger charge is 2.13. The summed E-state index contributed by atoms with van der Waals surface area (Å²) < 4.78 is 19.2. The number of nitro benzene ring substituents is 1. The van der Waals surface area contributed by atoms with Gasteiger partial charge >= 0.3 is 0 Å². The van der Waals surface area contributed by atoms with Crippen molar-refractivity contribution in [2.75, 3.05) is 0 Å². The summed E-state index contributed by atoms with van der Waals surface area (Å²) in [6.45, 7) is 0. The van der Waals surface area contributed by atoms with Crippen LogP contribution in [0.3, 0.4) is 0 Å². The van der Waals surface area contributed by atoms with E-state index < -0.39 is 10.7 Å². The molecule has 5 nitrogen and oxygen atoms in total. The number of hydrogen-bond acceptors (Lipinski definition) is 4. The van der Waals surface area contributed by atoms with E-state index in [1.165, 1.54) is 30.3 Å². The van der Waals surface area contributed by atoms with Crippen molar-refractivity contribution in [1.29, 1.82) is 5.26 Å². The smallest absolute Gasteiger partial charge is 0.270 e. The molecule has 21 heavy (non-hydrogen) atoms. The molecular formula is C14H8BrFN2O3. The lowest BCUT2D eigenvalue weighted by Gasteiger charge is -2.10. The number of alkyl halides is 1. The second-order valence-corrected chi connectivity index (χ2v) is 4.60. The molecule has 0 saturated heterocycles. The monoisotopic (exact) mass is 350 g/mol. The van der Waals surface area contributed by atoms with Crippen LogP contribution in [0.25, 0.3) is 0 Å². The normalized spacial score (nSPS) is 9.95. The van der Waals surface area contributed by atoms with Gasteiger partial charge < -0.3 is 4.74 Å². The Morgan fingerprint density at radius 3 is 2.57 bits per heavy atom. The van der Waals surface area contributed by atoms with E-state index in [1.807, 2.05) is 6.07 Å². The number of rotatable bonds is 4. The Morgan fingerprint density at radius 2 is 2.00 bits per heavy atom. The van der Waals surface area contributed by atoms with Crippen LogP contribution in [-0.2, 0) is 5.33 Å². The first-order chi connectivity index (χ1) is 10.0. The summed E-state index contributed by atoms with van der Waals surface area (Å²) in [4.78, 5) is 10.2. The van der Waals surface area contributed by atoms with Crippen LogP contribution >= 0.6 is 15.9 Å². The van der Waals surface area contributed by atoms with E-state index in [-0.39, 0.29) is 17.0 Å². The van der Waals surface area contributed by atoms with Crippen LogP contribution in [0.5, 0.6) is 11.5 Å². The Kier molecular flexibility index (Phi) is 4.50. The van der Waals surface area contributed by atoms with Gasteiger partial charge in [-0.3, -0.25) is 10.1 Å². The van der Waals surface area contributed by atoms with E-state index in [1.54, 1.807) is 0 Å². The molecule has 2 aromatic carbocycles. The maximum Gasteiger partial charge on any atom is 0.270 e. The summed E-state index contributed by atoms with van der Waals surface area (Å²) >= 11 is 3.21. The maximum absolute atomic E-state index is 13.8. The van der Waals surface area contributed by atoms with Gasteiger partial charge in [-0.2, -0.15) is 5.26 Å². The van der Waals surface area contributed by atoms with Crippen LogP contribution in [0.4, 0.5) is 10.1 Å². The van der Waals surface area contributed by atoms with Crippen LogP contribution < -0.4 is 4.74 Å². The molecule has 7 heteroatoms. The molecule has 0 aliphatic carbocycles. The average Bonchev–Trinajstić information content (AvgIpc) is 2.49. The van der Waals surface area contributed by atoms with Crippen molar-refractivity contribution in [3.63, 3.8) is 0 Å². The number of non-ortho nitro benzene ring substituents is 1. The summed E-state index contributed by atoms with van der Waals surface area (Å²) in [6, 6.07) is 9.70. The molecular weight excluding hydrogens is 343 g/mol. The predicted molar refractivity (Wildman–Crippen MR) is 76.9 cm³/mol. The first-order valence-electron chi connectivity index (χ1n) is 5.76. The zero-order valence-electron chi connectivity index (χ0n) is 10.5. The fourth-order valence-electron chi connectivity index (χ4n) is 1.66. The number of benzene rings is 2. The summed E-state index contributed by atoms with van der Waals surface area (Å²) in [7, 11) is 0. The number of nitriles is 1. The van der Waals surface area contributed by atoms with Crippen LogP contribution in [0.1, 0.15) is 11.1 Å². The molecule has 2 aromatic rings. The van der Waals surface area contributed by atoms with Gasteiger partial charge in [0.25, 0.3) is 5.69 Å². The Bertz CT molecular complexity index is 743. The third kappa shape index (κ3) is 3.35. The first-order valence-corrected chi connectivity index (χ1v) is 6.88. The second-order valence-electron chi connectivity index (χ2n) is 4.04. The lowest BCUT2D eigenvalue weighted by molar-refractivity contribution is -0.384. The largest absolute Gasteiger partial charge is 0.454 e. The molecule has 0 unspecified atom stereocenters. The topological polar surface area (TPSA) is 76.2 Å². The fraction of sp³-hybridized carbons (Fsp3) is 0.0714. The molecule has 0 fully saturated rings. The fourth-order valence-corrected chi connectivity index (χ4v) is 2.09. The number of ether oxygens (including phenoxy) is 1. The molecule has 0 atom stereocenters. The Labute approximate surface area is 127 Å². The van der Waals surface area contributed by atoms with Gasteiger partial charge in [-0.05, 0) is 24.3 Å². The number of nitrogens with zero attached hydrogens (tertiary/aromatic N) is 2. The molecule has 0 aromatic heterocycles. The van der Waals surface area contributed by atoms with Gasteiger partial charge in [-0.1, -0.05) is 15.9 Å². The van der Waals surface area contributed by atoms with E-state index in [0.29, 0.717) is 16.6 Å². The molecule has 0 radical (unpaired) electrons. The quantitative estimate of drug-likeness (QED) is 0.468. The third-order valence-electron chi connectivity index (χ3n) is 2.68. The van der Waals surface area contributed by atoms with Crippen LogP contribution in [-0.4, -0.2) is 4.92 Å². The van der Waals surface area contributed by atoms with E-state index in [0.717, 1.165) is 6.07 Å². The molecule has 0 bridgehead atoms. The van der Waals surface area contributed by atoms with E-state index in [9.17, 15) is 14.5 Å². The van der Waals surface area contributed by atoms with Gasteiger partial charge in [0.15, 0.2) is 11.6 Å². The summed E-state index contributed by atoms with van der Waals surface area (Å²) in [5, 5.41) is 19.7. The molecule has 0 aliphatic rings. The predicted octanol–water partition coefficient (Wildman–Crippen LogP) is 4.29. The molecule has 2 rings (SSSR count). The van der Waals surface area contributed by atoms with Gasteiger partial charge in [0.1, 0.15) is 5.75 Å². The summed E-state index contributed by atoms with van der Waals surface area (Å²) in [5.74, 6) is -0.418. The molecule has 106 valence electrons. The molecule has 0 spiro atoms. The van der Waals surface area contributed by atoms with Crippen molar-refractivity contribution < 1.29 is 14.1 Å². The Hall–Kier alpha value is -2.46. The van der Waals surface area contributed by atoms with Gasteiger partial charge in [-0.25, -0.2) is 4.39 Å². The highest BCUT2D eigenvalue weighted by Crippen LogP contribution is 2.31. The minimum absolute atomic E-state index is 0.0509. The van der Waals surface area contributed by atoms with Crippen molar-refractivity contribution in [3.05, 3.63) is 63.5 Å². The lowest BCUT2D eigenvalue weighted by atomic mass is 10.2. The zero-order chi connectivity index (χ0) is 15.4. The van der Waals surface area contributed by atoms with Crippen molar-refractivity contribution in [2.24, 2.45) is 0 Å². The third-order valence-corrected chi connectivity index (χ3v) is 3.28. The standard InChI is InChI=1S/C14H8BrFN2O3/c15-7-10-6-11(18(19)20)2-4-13(10)21-14-3-1-9(8-17)5-12(14)16/h1-6H,7H2. The van der Waals surface area contributed by atoms with E-state index >= 15 is 0 Å². The van der Waals surface area contributed by atoms with Crippen molar-refractivity contribution >= 4 is 21.6 Å². The molecule has 0 saturated carbocycles. The molecule has 0 N–H and O–H groups in total. The van der Waals surface area contributed by atoms with Crippen molar-refractivity contribution in [2.45, 2.75) is 5.33 Å². The zero-order valence-corrected chi connectivity index (χ0v) is 12.1. The molecule has 0 heterocycles. The maximum atomic E-state index is 13.8. The van der Waals surface area contributed by atoms with Gasteiger partial charge in [0.2, 0.25) is 0 Å². The minimum Gasteiger partial charge on any atom is -0.454 e. The van der Waals surface area contributed by atoms with E-state index in [4.69, 9.17) is 10.00 Å². The van der Waals surface area contributed by atoms with Crippen molar-refractivity contribution in [3.8, 4) is 17.6 Å². The second kappa shape index (κ2) is 6.33. The lowest BCUT2D eigenvalue weighted by Crippen LogP contribution is -1.95. The van der Waals surface area contributed by atoms with E-state index in [2.05, 4.69) is 15.9 Å². The van der Waals surface area contributed by atoms with Gasteiger partial charge in [0, 0.05) is 23.0 Å². The Morgan fingerprint density at radius 1 is 1.29 bits per heavy atom. The van der Waals surface area contributed by atoms with Crippen LogP contribution in [0.2, 0.25) is 0 Å². The summed E-state index contributed by atoms with van der Waals surface area (Å²) in [6.07, 6.45) is 0. The first kappa shape index (κ1) is 14.9. The molecule has 0 amide bonds. The molecule has 0 aliphatic heterocycles. The van der Waals surface area contributed by atoms with Crippen LogP contribution in [0, 0.1) is 27.3 Å². The highest BCUT2D eigenvalue weighted by atomic mass is 79.9. The Balaban J connectivity index is 2.35. The van der Waals surface area contributed by atoms with Gasteiger partial charge in [-0.15, -0.1) is 0 Å².